The van der Waals surface area contributed by atoms with Crippen LogP contribution in [-0.2, 0) is 9.53 Å². The maximum Gasteiger partial charge on any atom is 0.362 e. The molecule has 1 atom stereocenters. The van der Waals surface area contributed by atoms with E-state index in [4.69, 9.17) is 21.7 Å². The second-order valence-corrected chi connectivity index (χ2v) is 6.57. The maximum atomic E-state index is 12.1. The van der Waals surface area contributed by atoms with Gasteiger partial charge < -0.3 is 14.6 Å². The SMILES string of the molecule is CCOC(=O)C[N+]1(C)C(=S)C=C2COc3cc(C)ccc3C(O)=C21. The average Bonchev–Trinajstić information content (AvgIpc) is 2.66. The van der Waals surface area contributed by atoms with E-state index in [1.54, 1.807) is 13.0 Å². The first-order chi connectivity index (χ1) is 11.4. The van der Waals surface area contributed by atoms with Crippen molar-refractivity contribution < 1.29 is 23.9 Å². The van der Waals surface area contributed by atoms with Crippen molar-refractivity contribution in [1.82, 2.24) is 0 Å². The summed E-state index contributed by atoms with van der Waals surface area (Å²) in [7, 11) is 1.81. The van der Waals surface area contributed by atoms with Crippen molar-refractivity contribution in [2.75, 3.05) is 26.8 Å². The molecule has 24 heavy (non-hydrogen) atoms. The monoisotopic (exact) mass is 346 g/mol. The summed E-state index contributed by atoms with van der Waals surface area (Å²) in [6.45, 7) is 4.37. The number of aryl methyl sites for hydroxylation is 1. The van der Waals surface area contributed by atoms with E-state index in [0.29, 0.717) is 35.2 Å². The molecule has 0 radical (unpaired) electrons. The van der Waals surface area contributed by atoms with Crippen molar-refractivity contribution in [2.24, 2.45) is 0 Å². The summed E-state index contributed by atoms with van der Waals surface area (Å²) >= 11 is 5.47. The fourth-order valence-electron chi connectivity index (χ4n) is 3.13. The number of esters is 1. The van der Waals surface area contributed by atoms with Gasteiger partial charge in [-0.3, -0.25) is 0 Å². The number of fused-ring (bicyclic) bond motifs is 2. The highest BCUT2D eigenvalue weighted by molar-refractivity contribution is 7.80. The number of rotatable bonds is 3. The molecular weight excluding hydrogens is 326 g/mol. The number of hydrogen-bond acceptors (Lipinski definition) is 5. The van der Waals surface area contributed by atoms with Gasteiger partial charge in [-0.05, 0) is 43.8 Å². The number of aliphatic hydroxyl groups is 1. The second-order valence-electron chi connectivity index (χ2n) is 6.15. The molecule has 1 aromatic rings. The third-order valence-corrected chi connectivity index (χ3v) is 4.85. The third kappa shape index (κ3) is 2.61. The lowest BCUT2D eigenvalue weighted by Gasteiger charge is -2.29. The van der Waals surface area contributed by atoms with E-state index in [9.17, 15) is 9.90 Å². The van der Waals surface area contributed by atoms with Crippen LogP contribution in [0.5, 0.6) is 5.75 Å². The number of aliphatic hydroxyl groups excluding tert-OH is 1. The van der Waals surface area contributed by atoms with Crippen LogP contribution in [0.4, 0.5) is 0 Å². The van der Waals surface area contributed by atoms with Gasteiger partial charge in [0, 0.05) is 6.08 Å². The molecule has 0 spiro atoms. The molecule has 0 aromatic heterocycles. The lowest BCUT2D eigenvalue weighted by atomic mass is 10.1. The molecule has 5 nitrogen and oxygen atoms in total. The standard InChI is InChI=1S/C18H19NO4S/c1-4-22-16(20)9-19(3)15(24)8-12-10-23-14-7-11(2)5-6-13(14)18(21)17(12)19/h5-8H,4,9-10H2,1-3H3/p+1. The first kappa shape index (κ1) is 16.7. The van der Waals surface area contributed by atoms with Crippen molar-refractivity contribution in [3.05, 3.63) is 46.7 Å². The van der Waals surface area contributed by atoms with Crippen molar-refractivity contribution in [3.63, 3.8) is 0 Å². The van der Waals surface area contributed by atoms with Gasteiger partial charge in [-0.1, -0.05) is 6.07 Å². The Balaban J connectivity index is 2.11. The minimum Gasteiger partial charge on any atom is -0.502 e. The zero-order valence-electron chi connectivity index (χ0n) is 14.0. The van der Waals surface area contributed by atoms with Crippen LogP contribution in [0.3, 0.4) is 0 Å². The summed E-state index contributed by atoms with van der Waals surface area (Å²) in [5, 5.41) is 10.9. The maximum absolute atomic E-state index is 12.1. The van der Waals surface area contributed by atoms with E-state index in [0.717, 1.165) is 11.1 Å². The number of ether oxygens (including phenoxy) is 2. The molecule has 0 bridgehead atoms. The van der Waals surface area contributed by atoms with Crippen LogP contribution in [0.1, 0.15) is 18.1 Å². The van der Waals surface area contributed by atoms with E-state index < -0.39 is 0 Å². The summed E-state index contributed by atoms with van der Waals surface area (Å²) < 4.78 is 10.9. The summed E-state index contributed by atoms with van der Waals surface area (Å²) in [4.78, 5) is 12.6. The Morgan fingerprint density at radius 2 is 2.21 bits per heavy atom. The Kier molecular flexibility index (Phi) is 4.19. The van der Waals surface area contributed by atoms with Crippen LogP contribution in [0.2, 0.25) is 0 Å². The Morgan fingerprint density at radius 3 is 2.92 bits per heavy atom. The molecule has 0 fully saturated rings. The fraction of sp³-hybridized carbons (Fsp3) is 0.333. The van der Waals surface area contributed by atoms with Crippen molar-refractivity contribution in [1.29, 1.82) is 0 Å². The lowest BCUT2D eigenvalue weighted by Crippen LogP contribution is -2.48. The normalized spacial score (nSPS) is 22.3. The highest BCUT2D eigenvalue weighted by atomic mass is 32.1. The van der Waals surface area contributed by atoms with E-state index in [1.807, 2.05) is 32.2 Å². The summed E-state index contributed by atoms with van der Waals surface area (Å²) in [5.41, 5.74) is 3.05. The number of likely N-dealkylation sites (N-methyl/N-ethyl adjacent to an activating group) is 1. The summed E-state index contributed by atoms with van der Waals surface area (Å²) in [6, 6.07) is 5.63. The van der Waals surface area contributed by atoms with Gasteiger partial charge in [0.15, 0.2) is 18.0 Å². The number of hydrogen-bond donors (Lipinski definition) is 1. The molecule has 126 valence electrons. The number of quaternary nitrogens is 1. The average molecular weight is 346 g/mol. The molecule has 0 saturated heterocycles. The Labute approximate surface area is 146 Å². The molecule has 1 unspecified atom stereocenters. The number of thiocarbonyl (C=S) groups is 1. The van der Waals surface area contributed by atoms with Crippen molar-refractivity contribution >= 4 is 28.9 Å². The van der Waals surface area contributed by atoms with Crippen molar-refractivity contribution in [3.8, 4) is 5.75 Å². The lowest BCUT2D eigenvalue weighted by molar-refractivity contribution is -0.763. The fourth-order valence-corrected chi connectivity index (χ4v) is 3.43. The van der Waals surface area contributed by atoms with Crippen LogP contribution >= 0.6 is 12.2 Å². The smallest absolute Gasteiger partial charge is 0.362 e. The molecule has 2 aliphatic rings. The molecule has 6 heteroatoms. The van der Waals surface area contributed by atoms with E-state index in [1.165, 1.54) is 0 Å². The number of benzene rings is 1. The molecule has 3 rings (SSSR count). The van der Waals surface area contributed by atoms with Crippen LogP contribution < -0.4 is 4.74 Å². The summed E-state index contributed by atoms with van der Waals surface area (Å²) in [6.07, 6.45) is 1.80. The molecule has 0 amide bonds. The van der Waals surface area contributed by atoms with Crippen LogP contribution in [-0.4, -0.2) is 47.4 Å². The zero-order chi connectivity index (χ0) is 17.5. The predicted molar refractivity (Wildman–Crippen MR) is 94.6 cm³/mol. The Morgan fingerprint density at radius 1 is 1.46 bits per heavy atom. The minimum absolute atomic E-state index is 0.0199. The molecule has 0 aliphatic carbocycles. The van der Waals surface area contributed by atoms with Gasteiger partial charge in [-0.15, -0.1) is 0 Å². The first-order valence-corrected chi connectivity index (χ1v) is 8.22. The van der Waals surface area contributed by atoms with Gasteiger partial charge in [0.25, 0.3) is 0 Å². The van der Waals surface area contributed by atoms with Gasteiger partial charge in [0.05, 0.1) is 24.8 Å². The number of carbonyl (C=O) groups is 1. The first-order valence-electron chi connectivity index (χ1n) is 7.81. The van der Waals surface area contributed by atoms with E-state index >= 15 is 0 Å². The van der Waals surface area contributed by atoms with Gasteiger partial charge in [0.1, 0.15) is 12.4 Å². The zero-order valence-corrected chi connectivity index (χ0v) is 14.8. The molecule has 0 saturated carbocycles. The van der Waals surface area contributed by atoms with Crippen LogP contribution in [0.25, 0.3) is 5.76 Å². The minimum atomic E-state index is -0.355. The van der Waals surface area contributed by atoms with Gasteiger partial charge in [-0.2, -0.15) is 0 Å². The number of carbonyl (C=O) groups excluding carboxylic acids is 1. The van der Waals surface area contributed by atoms with E-state index in [2.05, 4.69) is 0 Å². The van der Waals surface area contributed by atoms with Gasteiger partial charge in [0.2, 0.25) is 4.99 Å². The summed E-state index contributed by atoms with van der Waals surface area (Å²) in [5.74, 6) is 0.371. The molecule has 1 N–H and O–H groups in total. The molecule has 1 aromatic carbocycles. The van der Waals surface area contributed by atoms with Crippen LogP contribution in [0, 0.1) is 6.92 Å². The second kappa shape index (κ2) is 6.03. The highest BCUT2D eigenvalue weighted by Gasteiger charge is 2.46. The molecular formula is C18H20NO4S+. The third-order valence-electron chi connectivity index (χ3n) is 4.33. The number of nitrogens with zero attached hydrogens (tertiary/aromatic N) is 1. The Bertz CT molecular complexity index is 796. The largest absolute Gasteiger partial charge is 0.502 e. The van der Waals surface area contributed by atoms with Crippen molar-refractivity contribution in [2.45, 2.75) is 13.8 Å². The molecule has 2 heterocycles. The highest BCUT2D eigenvalue weighted by Crippen LogP contribution is 2.41. The van der Waals surface area contributed by atoms with Gasteiger partial charge in [-0.25, -0.2) is 9.28 Å². The van der Waals surface area contributed by atoms with E-state index in [-0.39, 0.29) is 22.8 Å². The molecule has 2 aliphatic heterocycles. The predicted octanol–water partition coefficient (Wildman–Crippen LogP) is 2.89. The topological polar surface area (TPSA) is 55.8 Å². The van der Waals surface area contributed by atoms with Gasteiger partial charge >= 0.3 is 5.97 Å². The van der Waals surface area contributed by atoms with Crippen LogP contribution in [0.15, 0.2) is 35.5 Å². The quantitative estimate of drug-likeness (QED) is 0.518. The Hall–Kier alpha value is -2.18.